The first-order valence-electron chi connectivity index (χ1n) is 7.14. The smallest absolute Gasteiger partial charge is 0.241 e. The number of amides is 2. The lowest BCUT2D eigenvalue weighted by Crippen LogP contribution is -2.47. The van der Waals surface area contributed by atoms with E-state index in [0.717, 1.165) is 19.5 Å². The van der Waals surface area contributed by atoms with Crippen molar-refractivity contribution in [2.24, 2.45) is 23.5 Å². The van der Waals surface area contributed by atoms with Crippen molar-refractivity contribution in [1.29, 1.82) is 0 Å². The molecule has 1 rings (SSSR count). The van der Waals surface area contributed by atoms with Gasteiger partial charge in [0, 0.05) is 13.1 Å². The molecule has 0 radical (unpaired) electrons. The summed E-state index contributed by atoms with van der Waals surface area (Å²) >= 11 is 0. The Bertz CT molecular complexity index is 329. The van der Waals surface area contributed by atoms with Crippen molar-refractivity contribution in [3.8, 4) is 0 Å². The molecule has 2 atom stereocenters. The van der Waals surface area contributed by atoms with Gasteiger partial charge < -0.3 is 16.0 Å². The number of nitrogens with two attached hydrogens (primary N) is 1. The molecular weight excluding hydrogens is 242 g/mol. The minimum Gasteiger partial charge on any atom is -0.346 e. The van der Waals surface area contributed by atoms with E-state index in [1.54, 1.807) is 0 Å². The average Bonchev–Trinajstić information content (AvgIpc) is 2.84. The summed E-state index contributed by atoms with van der Waals surface area (Å²) in [6, 6.07) is -0.546. The van der Waals surface area contributed by atoms with E-state index < -0.39 is 6.04 Å². The molecule has 0 aliphatic carbocycles. The van der Waals surface area contributed by atoms with E-state index in [0.29, 0.717) is 11.8 Å². The zero-order valence-corrected chi connectivity index (χ0v) is 12.5. The van der Waals surface area contributed by atoms with Gasteiger partial charge >= 0.3 is 0 Å². The zero-order chi connectivity index (χ0) is 14.6. The van der Waals surface area contributed by atoms with Crippen molar-refractivity contribution < 1.29 is 9.59 Å². The highest BCUT2D eigenvalue weighted by molar-refractivity contribution is 5.87. The van der Waals surface area contributed by atoms with E-state index in [1.807, 2.05) is 18.7 Å². The number of carbonyl (C=O) groups is 2. The van der Waals surface area contributed by atoms with Crippen LogP contribution in [0.4, 0.5) is 0 Å². The Labute approximate surface area is 115 Å². The molecule has 1 aliphatic heterocycles. The first-order valence-corrected chi connectivity index (χ1v) is 7.14. The summed E-state index contributed by atoms with van der Waals surface area (Å²) in [4.78, 5) is 25.5. The Morgan fingerprint density at radius 2 is 1.95 bits per heavy atom. The molecule has 1 heterocycles. The Morgan fingerprint density at radius 3 is 2.42 bits per heavy atom. The largest absolute Gasteiger partial charge is 0.346 e. The maximum atomic E-state index is 12.0. The van der Waals surface area contributed by atoms with Crippen LogP contribution in [0, 0.1) is 17.8 Å². The van der Waals surface area contributed by atoms with Gasteiger partial charge in [0.1, 0.15) is 0 Å². The van der Waals surface area contributed by atoms with Crippen molar-refractivity contribution >= 4 is 11.8 Å². The minimum absolute atomic E-state index is 0.00699. The highest BCUT2D eigenvalue weighted by Crippen LogP contribution is 2.23. The number of hydrogen-bond acceptors (Lipinski definition) is 3. The second-order valence-electron chi connectivity index (χ2n) is 6.12. The third kappa shape index (κ3) is 4.49. The van der Waals surface area contributed by atoms with Gasteiger partial charge in [-0.25, -0.2) is 0 Å². The Hall–Kier alpha value is -1.10. The number of rotatable bonds is 5. The van der Waals surface area contributed by atoms with Crippen molar-refractivity contribution in [2.75, 3.05) is 19.6 Å². The van der Waals surface area contributed by atoms with Crippen LogP contribution in [0.25, 0.3) is 0 Å². The fraction of sp³-hybridized carbons (Fsp3) is 0.857. The van der Waals surface area contributed by atoms with Crippen LogP contribution in [0.2, 0.25) is 0 Å². The summed E-state index contributed by atoms with van der Waals surface area (Å²) in [6.07, 6.45) is 1.06. The Balaban J connectivity index is 2.35. The van der Waals surface area contributed by atoms with Gasteiger partial charge in [-0.1, -0.05) is 27.7 Å². The third-order valence-electron chi connectivity index (χ3n) is 3.96. The lowest BCUT2D eigenvalue weighted by Gasteiger charge is -2.20. The van der Waals surface area contributed by atoms with E-state index in [9.17, 15) is 9.59 Å². The molecular formula is C14H27N3O2. The molecule has 1 unspecified atom stereocenters. The Kier molecular flexibility index (Phi) is 5.79. The van der Waals surface area contributed by atoms with Gasteiger partial charge in [-0.3, -0.25) is 9.59 Å². The maximum Gasteiger partial charge on any atom is 0.241 e. The highest BCUT2D eigenvalue weighted by Gasteiger charge is 2.28. The summed E-state index contributed by atoms with van der Waals surface area (Å²) in [5, 5.41) is 2.63. The number of nitrogens with one attached hydrogen (secondary N) is 1. The molecule has 19 heavy (non-hydrogen) atoms. The predicted molar refractivity (Wildman–Crippen MR) is 75.3 cm³/mol. The lowest BCUT2D eigenvalue weighted by molar-refractivity contribution is -0.132. The van der Waals surface area contributed by atoms with Crippen molar-refractivity contribution in [2.45, 2.75) is 40.2 Å². The lowest BCUT2D eigenvalue weighted by atomic mass is 9.95. The predicted octanol–water partition coefficient (Wildman–Crippen LogP) is 0.590. The van der Waals surface area contributed by atoms with Gasteiger partial charge in [0.05, 0.1) is 12.6 Å². The molecule has 1 aliphatic rings. The molecule has 5 heteroatoms. The van der Waals surface area contributed by atoms with E-state index in [1.165, 1.54) is 0 Å². The fourth-order valence-electron chi connectivity index (χ4n) is 2.25. The summed E-state index contributed by atoms with van der Waals surface area (Å²) in [6.45, 7) is 9.81. The monoisotopic (exact) mass is 269 g/mol. The summed E-state index contributed by atoms with van der Waals surface area (Å²) in [7, 11) is 0. The van der Waals surface area contributed by atoms with Gasteiger partial charge in [0.2, 0.25) is 11.8 Å². The SMILES string of the molecule is CC(C)C1CCN(C(=O)CNC(=O)[C@@H](N)C(C)C)C1. The van der Waals surface area contributed by atoms with Crippen LogP contribution in [-0.2, 0) is 9.59 Å². The van der Waals surface area contributed by atoms with Crippen LogP contribution in [0.15, 0.2) is 0 Å². The Morgan fingerprint density at radius 1 is 1.32 bits per heavy atom. The number of likely N-dealkylation sites (tertiary alicyclic amines) is 1. The molecule has 1 fully saturated rings. The molecule has 2 amide bonds. The van der Waals surface area contributed by atoms with Gasteiger partial charge in [-0.2, -0.15) is 0 Å². The van der Waals surface area contributed by atoms with E-state index in [4.69, 9.17) is 5.73 Å². The van der Waals surface area contributed by atoms with Gasteiger partial charge in [-0.05, 0) is 24.2 Å². The summed E-state index contributed by atoms with van der Waals surface area (Å²) in [5.41, 5.74) is 5.72. The topological polar surface area (TPSA) is 75.4 Å². The quantitative estimate of drug-likeness (QED) is 0.767. The molecule has 1 saturated heterocycles. The number of carbonyl (C=O) groups excluding carboxylic acids is 2. The van der Waals surface area contributed by atoms with Crippen LogP contribution in [-0.4, -0.2) is 42.4 Å². The molecule has 0 saturated carbocycles. The molecule has 3 N–H and O–H groups in total. The average molecular weight is 269 g/mol. The summed E-state index contributed by atoms with van der Waals surface area (Å²) < 4.78 is 0. The molecule has 0 aromatic rings. The first-order chi connectivity index (χ1) is 8.82. The second kappa shape index (κ2) is 6.89. The minimum atomic E-state index is -0.546. The van der Waals surface area contributed by atoms with E-state index >= 15 is 0 Å². The van der Waals surface area contributed by atoms with Crippen LogP contribution < -0.4 is 11.1 Å². The number of nitrogens with zero attached hydrogens (tertiary/aromatic N) is 1. The van der Waals surface area contributed by atoms with Gasteiger partial charge in [-0.15, -0.1) is 0 Å². The molecule has 0 spiro atoms. The summed E-state index contributed by atoms with van der Waals surface area (Å²) in [5.74, 6) is 1.00. The molecule has 0 aromatic heterocycles. The van der Waals surface area contributed by atoms with Gasteiger partial charge in [0.15, 0.2) is 0 Å². The maximum absolute atomic E-state index is 12.0. The van der Waals surface area contributed by atoms with Gasteiger partial charge in [0.25, 0.3) is 0 Å². The van der Waals surface area contributed by atoms with E-state index in [2.05, 4.69) is 19.2 Å². The van der Waals surface area contributed by atoms with Crippen molar-refractivity contribution in [3.05, 3.63) is 0 Å². The highest BCUT2D eigenvalue weighted by atomic mass is 16.2. The third-order valence-corrected chi connectivity index (χ3v) is 3.96. The first kappa shape index (κ1) is 16.0. The fourth-order valence-corrected chi connectivity index (χ4v) is 2.25. The second-order valence-corrected chi connectivity index (χ2v) is 6.12. The van der Waals surface area contributed by atoms with Crippen molar-refractivity contribution in [3.63, 3.8) is 0 Å². The molecule has 0 aromatic carbocycles. The van der Waals surface area contributed by atoms with Crippen LogP contribution >= 0.6 is 0 Å². The van der Waals surface area contributed by atoms with Crippen LogP contribution in [0.3, 0.4) is 0 Å². The zero-order valence-electron chi connectivity index (χ0n) is 12.5. The molecule has 110 valence electrons. The molecule has 0 bridgehead atoms. The van der Waals surface area contributed by atoms with Crippen LogP contribution in [0.1, 0.15) is 34.1 Å². The number of hydrogen-bond donors (Lipinski definition) is 2. The standard InChI is InChI=1S/C14H27N3O2/c1-9(2)11-5-6-17(8-11)12(18)7-16-14(19)13(15)10(3)4/h9-11,13H,5-8,15H2,1-4H3,(H,16,19)/t11?,13-/m0/s1. The molecule has 5 nitrogen and oxygen atoms in total. The normalized spacial score (nSPS) is 21.0. The van der Waals surface area contributed by atoms with E-state index in [-0.39, 0.29) is 24.3 Å². The van der Waals surface area contributed by atoms with Crippen LogP contribution in [0.5, 0.6) is 0 Å². The van der Waals surface area contributed by atoms with Crippen molar-refractivity contribution in [1.82, 2.24) is 10.2 Å².